The number of rotatable bonds is 3. The number of amides is 1. The van der Waals surface area contributed by atoms with Crippen molar-refractivity contribution in [2.24, 2.45) is 13.0 Å². The third kappa shape index (κ3) is 3.20. The summed E-state index contributed by atoms with van der Waals surface area (Å²) in [5.74, 6) is 0.638. The number of hydrogen-bond donors (Lipinski definition) is 0. The van der Waals surface area contributed by atoms with Gasteiger partial charge in [0.05, 0.1) is 11.3 Å². The van der Waals surface area contributed by atoms with Crippen LogP contribution in [0.1, 0.15) is 58.2 Å². The normalized spacial score (nSPS) is 23.6. The monoisotopic (exact) mass is 409 g/mol. The molecule has 0 spiro atoms. The summed E-state index contributed by atoms with van der Waals surface area (Å²) in [6, 6.07) is 4.17. The minimum Gasteiger partial charge on any atom is -0.338 e. The van der Waals surface area contributed by atoms with Crippen LogP contribution in [0.3, 0.4) is 0 Å². The highest BCUT2D eigenvalue weighted by molar-refractivity contribution is 5.96. The van der Waals surface area contributed by atoms with E-state index in [1.165, 1.54) is 12.8 Å². The lowest BCUT2D eigenvalue weighted by Crippen LogP contribution is -2.49. The molecule has 160 valence electrons. The molecule has 0 aliphatic carbocycles. The topological polar surface area (TPSA) is 63.4 Å². The summed E-state index contributed by atoms with van der Waals surface area (Å²) in [7, 11) is 1.88. The van der Waals surface area contributed by atoms with Crippen LogP contribution >= 0.6 is 0 Å². The maximum atomic E-state index is 13.3. The molecule has 5 heterocycles. The number of aromatic nitrogens is 3. The van der Waals surface area contributed by atoms with Crippen molar-refractivity contribution in [3.05, 3.63) is 50.7 Å². The highest BCUT2D eigenvalue weighted by Gasteiger charge is 2.38. The zero-order valence-electron chi connectivity index (χ0n) is 18.2. The lowest BCUT2D eigenvalue weighted by molar-refractivity contribution is 0.0592. The maximum Gasteiger partial charge on any atom is 0.257 e. The Labute approximate surface area is 177 Å². The zero-order chi connectivity index (χ0) is 21.0. The number of pyridine rings is 1. The Morgan fingerprint density at radius 1 is 1.13 bits per heavy atom. The van der Waals surface area contributed by atoms with Gasteiger partial charge in [0.2, 0.25) is 0 Å². The van der Waals surface area contributed by atoms with Gasteiger partial charge in [-0.2, -0.15) is 5.10 Å². The smallest absolute Gasteiger partial charge is 0.257 e. The third-order valence-corrected chi connectivity index (χ3v) is 7.29. The van der Waals surface area contributed by atoms with E-state index >= 15 is 0 Å². The van der Waals surface area contributed by atoms with Crippen molar-refractivity contribution in [2.75, 3.05) is 26.2 Å². The first-order valence-corrected chi connectivity index (χ1v) is 11.2. The molecule has 2 fully saturated rings. The van der Waals surface area contributed by atoms with Crippen LogP contribution in [-0.2, 0) is 20.1 Å². The van der Waals surface area contributed by atoms with Gasteiger partial charge in [0.1, 0.15) is 0 Å². The molecule has 7 nitrogen and oxygen atoms in total. The van der Waals surface area contributed by atoms with Crippen molar-refractivity contribution in [1.29, 1.82) is 0 Å². The van der Waals surface area contributed by atoms with Gasteiger partial charge in [-0.1, -0.05) is 6.07 Å². The maximum absolute atomic E-state index is 13.3. The summed E-state index contributed by atoms with van der Waals surface area (Å²) in [4.78, 5) is 30.9. The molecule has 0 saturated carbocycles. The van der Waals surface area contributed by atoms with Crippen molar-refractivity contribution in [1.82, 2.24) is 24.1 Å². The van der Waals surface area contributed by atoms with E-state index in [0.29, 0.717) is 25.6 Å². The van der Waals surface area contributed by atoms with Crippen LogP contribution in [0.25, 0.3) is 0 Å². The lowest BCUT2D eigenvalue weighted by atomic mass is 9.82. The Hall–Kier alpha value is -2.41. The van der Waals surface area contributed by atoms with Gasteiger partial charge in [0, 0.05) is 56.1 Å². The number of nitrogens with zero attached hydrogens (tertiary/aromatic N) is 5. The van der Waals surface area contributed by atoms with Crippen LogP contribution in [0.4, 0.5) is 0 Å². The molecule has 2 aromatic rings. The van der Waals surface area contributed by atoms with Crippen LogP contribution in [-0.4, -0.2) is 56.2 Å². The number of fused-ring (bicyclic) bond motifs is 4. The van der Waals surface area contributed by atoms with Gasteiger partial charge in [-0.15, -0.1) is 0 Å². The Morgan fingerprint density at radius 2 is 1.90 bits per heavy atom. The number of hydrogen-bond acceptors (Lipinski definition) is 4. The summed E-state index contributed by atoms with van der Waals surface area (Å²) in [6.07, 6.45) is 3.52. The fourth-order valence-electron chi connectivity index (χ4n) is 5.70. The number of carbonyl (C=O) groups excluding carboxylic acids is 1. The largest absolute Gasteiger partial charge is 0.338 e. The van der Waals surface area contributed by atoms with E-state index < -0.39 is 0 Å². The predicted molar refractivity (Wildman–Crippen MR) is 115 cm³/mol. The quantitative estimate of drug-likeness (QED) is 0.778. The van der Waals surface area contributed by atoms with Crippen molar-refractivity contribution in [3.63, 3.8) is 0 Å². The molecule has 5 rings (SSSR count). The molecule has 0 unspecified atom stereocenters. The summed E-state index contributed by atoms with van der Waals surface area (Å²) in [6.45, 7) is 8.91. The van der Waals surface area contributed by atoms with Crippen LogP contribution in [0.15, 0.2) is 16.9 Å². The summed E-state index contributed by atoms with van der Waals surface area (Å²) >= 11 is 0. The van der Waals surface area contributed by atoms with Gasteiger partial charge >= 0.3 is 0 Å². The Bertz CT molecular complexity index is 1050. The number of likely N-dealkylation sites (tertiary alicyclic amines) is 2. The van der Waals surface area contributed by atoms with Gasteiger partial charge in [-0.3, -0.25) is 19.2 Å². The second kappa shape index (κ2) is 7.38. The lowest BCUT2D eigenvalue weighted by Gasteiger charge is -2.43. The van der Waals surface area contributed by atoms with Gasteiger partial charge < -0.3 is 9.47 Å². The molecule has 0 radical (unpaired) electrons. The average Bonchev–Trinajstić information content (AvgIpc) is 3.31. The minimum absolute atomic E-state index is 0.0780. The first-order chi connectivity index (χ1) is 14.4. The van der Waals surface area contributed by atoms with Crippen LogP contribution in [0.5, 0.6) is 0 Å². The second-order valence-electron chi connectivity index (χ2n) is 9.36. The fourth-order valence-corrected chi connectivity index (χ4v) is 5.70. The van der Waals surface area contributed by atoms with E-state index in [1.54, 1.807) is 4.68 Å². The molecule has 1 amide bonds. The SMILES string of the molecule is Cc1nn(C)c(C)c1C(=O)N1C[C@@H]2C[C@H](C1)c1ccc(CN3CCCC3)c(=O)n1C2. The Balaban J connectivity index is 1.40. The molecule has 2 aromatic heterocycles. The second-order valence-corrected chi connectivity index (χ2v) is 9.36. The van der Waals surface area contributed by atoms with Gasteiger partial charge in [0.15, 0.2) is 0 Å². The first kappa shape index (κ1) is 19.5. The van der Waals surface area contributed by atoms with Gasteiger partial charge in [-0.05, 0) is 58.2 Å². The minimum atomic E-state index is 0.0780. The highest BCUT2D eigenvalue weighted by Crippen LogP contribution is 2.36. The first-order valence-electron chi connectivity index (χ1n) is 11.2. The standard InChI is InChI=1S/C23H31N5O2/c1-15-21(16(2)25(3)24-15)23(30)27-11-17-10-19(14-27)20-7-6-18(22(29)28(20)12-17)13-26-8-4-5-9-26/h6-7,17,19H,4-5,8-14H2,1-3H3/t17-,19+/m0/s1. The summed E-state index contributed by atoms with van der Waals surface area (Å²) < 4.78 is 3.79. The number of carbonyl (C=O) groups is 1. The molecule has 2 saturated heterocycles. The Morgan fingerprint density at radius 3 is 2.60 bits per heavy atom. The molecular weight excluding hydrogens is 378 g/mol. The average molecular weight is 410 g/mol. The highest BCUT2D eigenvalue weighted by atomic mass is 16.2. The molecule has 0 N–H and O–H groups in total. The summed E-state index contributed by atoms with van der Waals surface area (Å²) in [5.41, 5.74) is 4.62. The van der Waals surface area contributed by atoms with E-state index in [1.807, 2.05) is 36.4 Å². The molecule has 2 bridgehead atoms. The molecule has 3 aliphatic rings. The van der Waals surface area contributed by atoms with Crippen molar-refractivity contribution in [3.8, 4) is 0 Å². The van der Waals surface area contributed by atoms with Crippen molar-refractivity contribution in [2.45, 2.75) is 52.1 Å². The van der Waals surface area contributed by atoms with Gasteiger partial charge in [0.25, 0.3) is 11.5 Å². The molecule has 3 aliphatic heterocycles. The molecule has 2 atom stereocenters. The number of aryl methyl sites for hydroxylation is 2. The van der Waals surface area contributed by atoms with Crippen molar-refractivity contribution >= 4 is 5.91 Å². The van der Waals surface area contributed by atoms with Gasteiger partial charge in [-0.25, -0.2) is 0 Å². The Kier molecular flexibility index (Phi) is 4.81. The van der Waals surface area contributed by atoms with E-state index in [9.17, 15) is 9.59 Å². The van der Waals surface area contributed by atoms with Crippen LogP contribution < -0.4 is 5.56 Å². The molecular formula is C23H31N5O2. The van der Waals surface area contributed by atoms with Crippen molar-refractivity contribution < 1.29 is 4.79 Å². The third-order valence-electron chi connectivity index (χ3n) is 7.29. The molecule has 0 aromatic carbocycles. The molecule has 7 heteroatoms. The predicted octanol–water partition coefficient (Wildman–Crippen LogP) is 2.05. The van der Waals surface area contributed by atoms with E-state index in [0.717, 1.165) is 54.3 Å². The zero-order valence-corrected chi connectivity index (χ0v) is 18.2. The van der Waals surface area contributed by atoms with Crippen LogP contribution in [0, 0.1) is 19.8 Å². The van der Waals surface area contributed by atoms with E-state index in [2.05, 4.69) is 16.1 Å². The van der Waals surface area contributed by atoms with Crippen LogP contribution in [0.2, 0.25) is 0 Å². The fraction of sp³-hybridized carbons (Fsp3) is 0.609. The van der Waals surface area contributed by atoms with E-state index in [4.69, 9.17) is 0 Å². The molecule has 30 heavy (non-hydrogen) atoms. The number of piperidine rings is 1. The summed E-state index contributed by atoms with van der Waals surface area (Å²) in [5, 5.41) is 4.42. The van der Waals surface area contributed by atoms with E-state index in [-0.39, 0.29) is 17.4 Å².